The molecule has 0 fully saturated rings. The molecular formula is C19H25NO3. The number of ether oxygens (including phenoxy) is 1. The lowest BCUT2D eigenvalue weighted by atomic mass is 9.98. The minimum atomic E-state index is -0.0755. The van der Waals surface area contributed by atoms with Gasteiger partial charge in [0.1, 0.15) is 11.3 Å². The van der Waals surface area contributed by atoms with Gasteiger partial charge in [-0.15, -0.1) is 0 Å². The maximum Gasteiger partial charge on any atom is 0.244 e. The van der Waals surface area contributed by atoms with Gasteiger partial charge in [-0.3, -0.25) is 4.79 Å². The molecule has 1 aromatic carbocycles. The van der Waals surface area contributed by atoms with Gasteiger partial charge in [0, 0.05) is 29.1 Å². The Kier molecular flexibility index (Phi) is 5.48. The Bertz CT molecular complexity index is 741. The highest BCUT2D eigenvalue weighted by atomic mass is 16.5. The zero-order chi connectivity index (χ0) is 17.0. The third-order valence-corrected chi connectivity index (χ3v) is 3.85. The van der Waals surface area contributed by atoms with Crippen LogP contribution in [0, 0.1) is 13.8 Å². The summed E-state index contributed by atoms with van der Waals surface area (Å²) < 4.78 is 11.5. The fraction of sp³-hybridized carbons (Fsp3) is 0.421. The van der Waals surface area contributed by atoms with Crippen LogP contribution in [0.25, 0.3) is 16.5 Å². The van der Waals surface area contributed by atoms with Crippen LogP contribution in [0.4, 0.5) is 0 Å². The number of carbonyl (C=O) groups is 1. The molecule has 0 aliphatic rings. The van der Waals surface area contributed by atoms with Crippen molar-refractivity contribution in [2.75, 3.05) is 13.2 Å². The first-order valence-corrected chi connectivity index (χ1v) is 8.10. The largest absolute Gasteiger partial charge is 0.493 e. The lowest BCUT2D eigenvalue weighted by Gasteiger charge is -2.14. The Hall–Kier alpha value is -2.23. The van der Waals surface area contributed by atoms with E-state index in [4.69, 9.17) is 9.15 Å². The number of hydrogen-bond donors (Lipinski definition) is 1. The second-order valence-electron chi connectivity index (χ2n) is 5.73. The van der Waals surface area contributed by atoms with Crippen LogP contribution in [0.2, 0.25) is 0 Å². The van der Waals surface area contributed by atoms with Gasteiger partial charge >= 0.3 is 0 Å². The SMILES string of the molecule is CCCNC(=O)/C=C(\C)c1cc2c(C)coc2c(C)c1OCC. The molecule has 4 nitrogen and oxygen atoms in total. The van der Waals surface area contributed by atoms with Crippen molar-refractivity contribution in [1.82, 2.24) is 5.32 Å². The van der Waals surface area contributed by atoms with Crippen LogP contribution in [-0.2, 0) is 4.79 Å². The molecule has 0 aliphatic carbocycles. The molecule has 124 valence electrons. The van der Waals surface area contributed by atoms with Crippen LogP contribution in [0.15, 0.2) is 22.8 Å². The van der Waals surface area contributed by atoms with Crippen LogP contribution in [-0.4, -0.2) is 19.1 Å². The van der Waals surface area contributed by atoms with Crippen molar-refractivity contribution >= 4 is 22.4 Å². The van der Waals surface area contributed by atoms with Crippen LogP contribution in [0.1, 0.15) is 43.9 Å². The molecule has 2 aromatic rings. The van der Waals surface area contributed by atoms with E-state index in [0.717, 1.165) is 45.4 Å². The summed E-state index contributed by atoms with van der Waals surface area (Å²) in [6, 6.07) is 2.05. The Morgan fingerprint density at radius 3 is 2.74 bits per heavy atom. The monoisotopic (exact) mass is 315 g/mol. The number of carbonyl (C=O) groups excluding carboxylic acids is 1. The van der Waals surface area contributed by atoms with Gasteiger partial charge in [0.05, 0.1) is 12.9 Å². The lowest BCUT2D eigenvalue weighted by Crippen LogP contribution is -2.21. The number of hydrogen-bond acceptors (Lipinski definition) is 3. The second kappa shape index (κ2) is 7.36. The number of nitrogens with one attached hydrogen (secondary N) is 1. The van der Waals surface area contributed by atoms with Crippen LogP contribution < -0.4 is 10.1 Å². The lowest BCUT2D eigenvalue weighted by molar-refractivity contribution is -0.116. The molecule has 4 heteroatoms. The molecule has 1 aromatic heterocycles. The highest BCUT2D eigenvalue weighted by molar-refractivity contribution is 5.98. The number of allylic oxidation sites excluding steroid dienone is 1. The maximum atomic E-state index is 12.0. The van der Waals surface area contributed by atoms with Gasteiger partial charge in [-0.05, 0) is 51.3 Å². The van der Waals surface area contributed by atoms with E-state index in [-0.39, 0.29) is 5.91 Å². The summed E-state index contributed by atoms with van der Waals surface area (Å²) in [6.45, 7) is 11.2. The first-order chi connectivity index (χ1) is 11.0. The van der Waals surface area contributed by atoms with Gasteiger partial charge in [-0.1, -0.05) is 6.92 Å². The van der Waals surface area contributed by atoms with Crippen molar-refractivity contribution in [2.45, 2.75) is 41.0 Å². The fourth-order valence-corrected chi connectivity index (χ4v) is 2.64. The highest BCUT2D eigenvalue weighted by Crippen LogP contribution is 2.37. The number of fused-ring (bicyclic) bond motifs is 1. The molecule has 0 radical (unpaired) electrons. The van der Waals surface area contributed by atoms with Gasteiger partial charge in [0.2, 0.25) is 5.91 Å². The van der Waals surface area contributed by atoms with E-state index in [0.29, 0.717) is 13.2 Å². The van der Waals surface area contributed by atoms with Crippen LogP contribution in [0.5, 0.6) is 5.75 Å². The van der Waals surface area contributed by atoms with E-state index in [9.17, 15) is 4.79 Å². The predicted octanol–water partition coefficient (Wildman–Crippen LogP) is 4.38. The Balaban J connectivity index is 2.52. The molecule has 2 rings (SSSR count). The molecule has 0 saturated heterocycles. The van der Waals surface area contributed by atoms with E-state index >= 15 is 0 Å². The van der Waals surface area contributed by atoms with Crippen LogP contribution >= 0.6 is 0 Å². The molecule has 23 heavy (non-hydrogen) atoms. The summed E-state index contributed by atoms with van der Waals surface area (Å²) >= 11 is 0. The Labute approximate surface area is 137 Å². The fourth-order valence-electron chi connectivity index (χ4n) is 2.64. The average Bonchev–Trinajstić information content (AvgIpc) is 2.89. The quantitative estimate of drug-likeness (QED) is 0.805. The maximum absolute atomic E-state index is 12.0. The van der Waals surface area contributed by atoms with Gasteiger partial charge < -0.3 is 14.5 Å². The summed E-state index contributed by atoms with van der Waals surface area (Å²) in [5.41, 5.74) is 4.71. The number of aryl methyl sites for hydroxylation is 2. The summed E-state index contributed by atoms with van der Waals surface area (Å²) in [4.78, 5) is 12.0. The zero-order valence-corrected chi connectivity index (χ0v) is 14.6. The van der Waals surface area contributed by atoms with Gasteiger partial charge in [-0.2, -0.15) is 0 Å². The summed E-state index contributed by atoms with van der Waals surface area (Å²) in [5, 5.41) is 3.93. The summed E-state index contributed by atoms with van der Waals surface area (Å²) in [7, 11) is 0. The van der Waals surface area contributed by atoms with Gasteiger partial charge in [0.15, 0.2) is 0 Å². The van der Waals surface area contributed by atoms with Crippen molar-refractivity contribution in [3.8, 4) is 5.75 Å². The van der Waals surface area contributed by atoms with Gasteiger partial charge in [-0.25, -0.2) is 0 Å². The van der Waals surface area contributed by atoms with Crippen molar-refractivity contribution in [2.24, 2.45) is 0 Å². The number of furan rings is 1. The van der Waals surface area contributed by atoms with Crippen molar-refractivity contribution in [3.05, 3.63) is 35.1 Å². The topological polar surface area (TPSA) is 51.5 Å². The van der Waals surface area contributed by atoms with Crippen LogP contribution in [0.3, 0.4) is 0 Å². The number of amides is 1. The number of rotatable bonds is 6. The van der Waals surface area contributed by atoms with E-state index < -0.39 is 0 Å². The molecule has 1 N–H and O–H groups in total. The molecule has 0 unspecified atom stereocenters. The molecule has 1 heterocycles. The number of benzene rings is 1. The van der Waals surface area contributed by atoms with Crippen molar-refractivity contribution in [1.29, 1.82) is 0 Å². The standard InChI is InChI=1S/C19H25NO3/c1-6-8-20-17(21)9-12(3)15-10-16-13(4)11-23-19(16)14(5)18(15)22-7-2/h9-11H,6-8H2,1-5H3,(H,20,21)/b12-9+. The molecule has 0 aliphatic heterocycles. The van der Waals surface area contributed by atoms with E-state index in [1.807, 2.05) is 40.7 Å². The third kappa shape index (κ3) is 3.58. The zero-order valence-electron chi connectivity index (χ0n) is 14.6. The minimum Gasteiger partial charge on any atom is -0.493 e. The molecule has 0 bridgehead atoms. The molecule has 0 atom stereocenters. The average molecular weight is 315 g/mol. The normalized spacial score (nSPS) is 11.8. The molecule has 1 amide bonds. The van der Waals surface area contributed by atoms with E-state index in [1.54, 1.807) is 12.3 Å². The van der Waals surface area contributed by atoms with Crippen molar-refractivity contribution < 1.29 is 13.9 Å². The first-order valence-electron chi connectivity index (χ1n) is 8.10. The molecule has 0 saturated carbocycles. The predicted molar refractivity (Wildman–Crippen MR) is 93.8 cm³/mol. The summed E-state index contributed by atoms with van der Waals surface area (Å²) in [6.07, 6.45) is 4.31. The minimum absolute atomic E-state index is 0.0755. The molecular weight excluding hydrogens is 290 g/mol. The van der Waals surface area contributed by atoms with Crippen molar-refractivity contribution in [3.63, 3.8) is 0 Å². The van der Waals surface area contributed by atoms with E-state index in [2.05, 4.69) is 5.32 Å². The Morgan fingerprint density at radius 1 is 1.35 bits per heavy atom. The van der Waals surface area contributed by atoms with Gasteiger partial charge in [0.25, 0.3) is 0 Å². The molecule has 0 spiro atoms. The third-order valence-electron chi connectivity index (χ3n) is 3.85. The van der Waals surface area contributed by atoms with E-state index in [1.165, 1.54) is 0 Å². The Morgan fingerprint density at radius 2 is 2.09 bits per heavy atom. The smallest absolute Gasteiger partial charge is 0.244 e. The summed E-state index contributed by atoms with van der Waals surface area (Å²) in [5.74, 6) is 0.708. The highest BCUT2D eigenvalue weighted by Gasteiger charge is 2.17. The first kappa shape index (κ1) is 17.1. The second-order valence-corrected chi connectivity index (χ2v) is 5.73.